The van der Waals surface area contributed by atoms with Crippen molar-refractivity contribution in [3.8, 4) is 0 Å². The van der Waals surface area contributed by atoms with Crippen LogP contribution in [0.5, 0.6) is 0 Å². The number of furan rings is 1. The molecule has 1 aromatic carbocycles. The molecule has 0 saturated heterocycles. The second kappa shape index (κ2) is 4.94. The van der Waals surface area contributed by atoms with E-state index in [2.05, 4.69) is 10.3 Å². The Morgan fingerprint density at radius 2 is 2.21 bits per heavy atom. The zero-order valence-corrected chi connectivity index (χ0v) is 11.2. The van der Waals surface area contributed by atoms with Gasteiger partial charge >= 0.3 is 0 Å². The number of nitrogens with one attached hydrogen (secondary N) is 1. The fourth-order valence-corrected chi connectivity index (χ4v) is 2.28. The van der Waals surface area contributed by atoms with Crippen molar-refractivity contribution >= 4 is 28.2 Å². The SMILES string of the molecule is Cc1ccoc1CNc1cc(Cl)cc2cccnc12. The average molecular weight is 273 g/mol. The first-order valence-corrected chi connectivity index (χ1v) is 6.43. The molecule has 0 amide bonds. The summed E-state index contributed by atoms with van der Waals surface area (Å²) in [6.07, 6.45) is 3.47. The maximum absolute atomic E-state index is 6.12. The molecule has 0 aliphatic heterocycles. The van der Waals surface area contributed by atoms with Crippen LogP contribution in [0.15, 0.2) is 47.2 Å². The number of halogens is 1. The van der Waals surface area contributed by atoms with Crippen LogP contribution in [0, 0.1) is 6.92 Å². The van der Waals surface area contributed by atoms with E-state index in [0.29, 0.717) is 11.6 Å². The molecule has 0 aliphatic carbocycles. The third-order valence-corrected chi connectivity index (χ3v) is 3.30. The van der Waals surface area contributed by atoms with Crippen molar-refractivity contribution in [1.29, 1.82) is 0 Å². The summed E-state index contributed by atoms with van der Waals surface area (Å²) in [6.45, 7) is 2.64. The molecular formula is C15H13ClN2O. The number of fused-ring (bicyclic) bond motifs is 1. The number of hydrogen-bond donors (Lipinski definition) is 1. The quantitative estimate of drug-likeness (QED) is 0.768. The number of benzene rings is 1. The summed E-state index contributed by atoms with van der Waals surface area (Å²) in [6, 6.07) is 9.64. The van der Waals surface area contributed by atoms with Crippen molar-refractivity contribution in [1.82, 2.24) is 4.98 Å². The second-order valence-electron chi connectivity index (χ2n) is 4.41. The number of anilines is 1. The van der Waals surface area contributed by atoms with Crippen LogP contribution in [0.4, 0.5) is 5.69 Å². The van der Waals surface area contributed by atoms with Crippen LogP contribution in [-0.2, 0) is 6.54 Å². The van der Waals surface area contributed by atoms with Gasteiger partial charge in [0.15, 0.2) is 0 Å². The molecule has 0 aliphatic rings. The maximum atomic E-state index is 6.12. The van der Waals surface area contributed by atoms with Gasteiger partial charge in [-0.15, -0.1) is 0 Å². The Kier molecular flexibility index (Phi) is 3.13. The molecule has 2 heterocycles. The predicted molar refractivity (Wildman–Crippen MR) is 77.5 cm³/mol. The van der Waals surface area contributed by atoms with Crippen molar-refractivity contribution in [3.05, 3.63) is 59.1 Å². The Morgan fingerprint density at radius 1 is 1.32 bits per heavy atom. The van der Waals surface area contributed by atoms with Crippen LogP contribution < -0.4 is 5.32 Å². The number of nitrogens with zero attached hydrogens (tertiary/aromatic N) is 1. The summed E-state index contributed by atoms with van der Waals surface area (Å²) in [7, 11) is 0. The van der Waals surface area contributed by atoms with E-state index >= 15 is 0 Å². The molecule has 3 aromatic rings. The molecule has 3 nitrogen and oxygen atoms in total. The predicted octanol–water partition coefficient (Wildman–Crippen LogP) is 4.40. The lowest BCUT2D eigenvalue weighted by atomic mass is 10.2. The van der Waals surface area contributed by atoms with E-state index in [1.807, 2.05) is 37.3 Å². The normalized spacial score (nSPS) is 10.8. The van der Waals surface area contributed by atoms with Gasteiger partial charge in [-0.1, -0.05) is 17.7 Å². The minimum Gasteiger partial charge on any atom is -0.467 e. The highest BCUT2D eigenvalue weighted by Gasteiger charge is 2.06. The molecule has 0 saturated carbocycles. The first-order chi connectivity index (χ1) is 9.24. The van der Waals surface area contributed by atoms with E-state index in [0.717, 1.165) is 27.9 Å². The molecule has 0 radical (unpaired) electrons. The van der Waals surface area contributed by atoms with Crippen molar-refractivity contribution in [3.63, 3.8) is 0 Å². The Morgan fingerprint density at radius 3 is 3.00 bits per heavy atom. The highest BCUT2D eigenvalue weighted by molar-refractivity contribution is 6.31. The van der Waals surface area contributed by atoms with Gasteiger partial charge in [0.25, 0.3) is 0 Å². The Labute approximate surface area is 116 Å². The smallest absolute Gasteiger partial charge is 0.125 e. The third kappa shape index (κ3) is 2.42. The van der Waals surface area contributed by atoms with Crippen molar-refractivity contribution in [2.24, 2.45) is 0 Å². The van der Waals surface area contributed by atoms with Gasteiger partial charge < -0.3 is 9.73 Å². The van der Waals surface area contributed by atoms with Crippen LogP contribution in [0.1, 0.15) is 11.3 Å². The molecule has 0 spiro atoms. The molecule has 2 aromatic heterocycles. The number of hydrogen-bond acceptors (Lipinski definition) is 3. The van der Waals surface area contributed by atoms with Crippen LogP contribution in [0.3, 0.4) is 0 Å². The van der Waals surface area contributed by atoms with Crippen LogP contribution >= 0.6 is 11.6 Å². The summed E-state index contributed by atoms with van der Waals surface area (Å²) >= 11 is 6.12. The lowest BCUT2D eigenvalue weighted by Crippen LogP contribution is -2.00. The molecule has 3 rings (SSSR count). The minimum atomic E-state index is 0.616. The van der Waals surface area contributed by atoms with Crippen molar-refractivity contribution in [2.75, 3.05) is 5.32 Å². The fourth-order valence-electron chi connectivity index (χ4n) is 2.05. The van der Waals surface area contributed by atoms with Gasteiger partial charge in [-0.25, -0.2) is 0 Å². The lowest BCUT2D eigenvalue weighted by molar-refractivity contribution is 0.515. The lowest BCUT2D eigenvalue weighted by Gasteiger charge is -2.09. The van der Waals surface area contributed by atoms with Gasteiger partial charge in [-0.3, -0.25) is 4.98 Å². The Bertz CT molecular complexity index is 721. The Balaban J connectivity index is 1.94. The van der Waals surface area contributed by atoms with Crippen molar-refractivity contribution < 1.29 is 4.42 Å². The topological polar surface area (TPSA) is 38.1 Å². The van der Waals surface area contributed by atoms with E-state index in [9.17, 15) is 0 Å². The van der Waals surface area contributed by atoms with Crippen molar-refractivity contribution in [2.45, 2.75) is 13.5 Å². The molecule has 0 unspecified atom stereocenters. The third-order valence-electron chi connectivity index (χ3n) is 3.08. The van der Waals surface area contributed by atoms with E-state index < -0.39 is 0 Å². The molecule has 0 atom stereocenters. The molecule has 19 heavy (non-hydrogen) atoms. The number of aromatic nitrogens is 1. The largest absolute Gasteiger partial charge is 0.467 e. The molecule has 0 bridgehead atoms. The molecule has 0 fully saturated rings. The van der Waals surface area contributed by atoms with Crippen LogP contribution in [0.2, 0.25) is 5.02 Å². The number of rotatable bonds is 3. The van der Waals surface area contributed by atoms with E-state index in [1.165, 1.54) is 0 Å². The molecule has 1 N–H and O–H groups in total. The van der Waals surface area contributed by atoms with E-state index in [-0.39, 0.29) is 0 Å². The van der Waals surface area contributed by atoms with Gasteiger partial charge in [0.05, 0.1) is 24.0 Å². The monoisotopic (exact) mass is 272 g/mol. The van der Waals surface area contributed by atoms with Gasteiger partial charge in [0.1, 0.15) is 5.76 Å². The second-order valence-corrected chi connectivity index (χ2v) is 4.85. The van der Waals surface area contributed by atoms with Gasteiger partial charge in [-0.05, 0) is 36.8 Å². The standard InChI is InChI=1S/C15H13ClN2O/c1-10-4-6-19-14(10)9-18-13-8-12(16)7-11-3-2-5-17-15(11)13/h2-8,18H,9H2,1H3. The summed E-state index contributed by atoms with van der Waals surface area (Å²) in [5, 5.41) is 5.05. The number of pyridine rings is 1. The van der Waals surface area contributed by atoms with Gasteiger partial charge in [0, 0.05) is 16.6 Å². The van der Waals surface area contributed by atoms with E-state index in [1.54, 1.807) is 12.5 Å². The van der Waals surface area contributed by atoms with Crippen LogP contribution in [-0.4, -0.2) is 4.98 Å². The van der Waals surface area contributed by atoms with Crippen LogP contribution in [0.25, 0.3) is 10.9 Å². The first kappa shape index (κ1) is 12.1. The number of aryl methyl sites for hydroxylation is 1. The summed E-state index contributed by atoms with van der Waals surface area (Å²) in [5.41, 5.74) is 2.96. The zero-order chi connectivity index (χ0) is 13.2. The van der Waals surface area contributed by atoms with Gasteiger partial charge in [-0.2, -0.15) is 0 Å². The van der Waals surface area contributed by atoms with E-state index in [4.69, 9.17) is 16.0 Å². The molecule has 96 valence electrons. The van der Waals surface area contributed by atoms with Gasteiger partial charge in [0.2, 0.25) is 0 Å². The summed E-state index contributed by atoms with van der Waals surface area (Å²) in [5.74, 6) is 0.920. The molecular weight excluding hydrogens is 260 g/mol. The summed E-state index contributed by atoms with van der Waals surface area (Å²) in [4.78, 5) is 4.39. The minimum absolute atomic E-state index is 0.616. The highest BCUT2D eigenvalue weighted by atomic mass is 35.5. The highest BCUT2D eigenvalue weighted by Crippen LogP contribution is 2.26. The first-order valence-electron chi connectivity index (χ1n) is 6.05. The summed E-state index contributed by atoms with van der Waals surface area (Å²) < 4.78 is 5.41. The zero-order valence-electron chi connectivity index (χ0n) is 10.5. The Hall–Kier alpha value is -2.00. The fraction of sp³-hybridized carbons (Fsp3) is 0.133. The maximum Gasteiger partial charge on any atom is 0.125 e. The molecule has 4 heteroatoms. The average Bonchev–Trinajstić information content (AvgIpc) is 2.81.